The number of hydrogen-bond acceptors (Lipinski definition) is 2. The van der Waals surface area contributed by atoms with E-state index in [1.807, 2.05) is 0 Å². The van der Waals surface area contributed by atoms with Crippen LogP contribution in [0.5, 0.6) is 0 Å². The highest BCUT2D eigenvalue weighted by atomic mass is 15.0. The first-order chi connectivity index (χ1) is 29.6. The Morgan fingerprint density at radius 2 is 0.933 bits per heavy atom. The SMILES string of the molecule is N#Cc1cc2c(c3c1C1CC4CC(C1)CC3C4)c1cc(-c3cccc4c3c3ccccc3n4-c3ccccc3)cc3c4c5c(c(C#N)cc4n2c13)C1CC2CC(C1)CC5C2. The number of para-hydroxylation sites is 2. The fraction of sp³-hybridized carbons (Fsp3) is 0.321. The van der Waals surface area contributed by atoms with E-state index in [1.54, 1.807) is 0 Å². The van der Waals surface area contributed by atoms with Crippen molar-refractivity contribution in [2.75, 3.05) is 0 Å². The summed E-state index contributed by atoms with van der Waals surface area (Å²) >= 11 is 0. The van der Waals surface area contributed by atoms with Crippen molar-refractivity contribution in [1.82, 2.24) is 8.97 Å². The molecule has 3 aromatic heterocycles. The van der Waals surface area contributed by atoms with E-state index in [4.69, 9.17) is 0 Å². The minimum atomic E-state index is 0.469. The lowest BCUT2D eigenvalue weighted by Gasteiger charge is -2.38. The number of hydrogen-bond donors (Lipinski definition) is 0. The summed E-state index contributed by atoms with van der Waals surface area (Å²) in [6, 6.07) is 42.0. The molecule has 4 fully saturated rings. The van der Waals surface area contributed by atoms with Crippen molar-refractivity contribution in [3.8, 4) is 29.0 Å². The van der Waals surface area contributed by atoms with Gasteiger partial charge in [-0.1, -0.05) is 48.5 Å². The fourth-order valence-corrected chi connectivity index (χ4v) is 15.8. The van der Waals surface area contributed by atoms with Gasteiger partial charge in [-0.3, -0.25) is 0 Å². The zero-order valence-corrected chi connectivity index (χ0v) is 33.7. The van der Waals surface area contributed by atoms with Crippen LogP contribution in [0.2, 0.25) is 0 Å². The van der Waals surface area contributed by atoms with Gasteiger partial charge >= 0.3 is 0 Å². The molecule has 8 aliphatic carbocycles. The Balaban J connectivity index is 1.13. The lowest BCUT2D eigenvalue weighted by molar-refractivity contribution is 0.166. The Kier molecular flexibility index (Phi) is 6.20. The van der Waals surface area contributed by atoms with Gasteiger partial charge in [0.2, 0.25) is 0 Å². The molecule has 8 aliphatic rings. The maximum Gasteiger partial charge on any atom is 0.0995 e. The molecule has 4 saturated carbocycles. The van der Waals surface area contributed by atoms with Crippen molar-refractivity contribution in [1.29, 1.82) is 10.5 Å². The van der Waals surface area contributed by atoms with Crippen LogP contribution in [0.15, 0.2) is 97.1 Å². The fourth-order valence-electron chi connectivity index (χ4n) is 15.8. The molecule has 4 unspecified atom stereocenters. The first-order valence-electron chi connectivity index (χ1n) is 22.9. The van der Waals surface area contributed by atoms with Crippen LogP contribution in [-0.2, 0) is 0 Å². The molecule has 8 bridgehead atoms. The molecule has 0 saturated heterocycles. The van der Waals surface area contributed by atoms with E-state index in [0.29, 0.717) is 23.7 Å². The number of benzene rings is 6. The molecular formula is C56H44N4. The van der Waals surface area contributed by atoms with Crippen LogP contribution in [0.3, 0.4) is 0 Å². The summed E-state index contributed by atoms with van der Waals surface area (Å²) in [5.74, 6) is 4.93. The Morgan fingerprint density at radius 3 is 1.48 bits per heavy atom. The summed E-state index contributed by atoms with van der Waals surface area (Å²) in [5, 5.41) is 30.1. The molecule has 60 heavy (non-hydrogen) atoms. The van der Waals surface area contributed by atoms with Gasteiger partial charge in [-0.05, 0) is 193 Å². The number of rotatable bonds is 2. The van der Waals surface area contributed by atoms with E-state index in [2.05, 4.69) is 118 Å². The minimum Gasteiger partial charge on any atom is -0.309 e. The highest BCUT2D eigenvalue weighted by Gasteiger charge is 2.47. The van der Waals surface area contributed by atoms with E-state index in [1.165, 1.54) is 163 Å². The number of nitriles is 2. The Bertz CT molecular complexity index is 3300. The Hall–Kier alpha value is -6.10. The molecule has 0 N–H and O–H groups in total. The number of nitrogens with zero attached hydrogens (tertiary/aromatic N) is 4. The summed E-state index contributed by atoms with van der Waals surface area (Å²) in [6.45, 7) is 0. The van der Waals surface area contributed by atoms with Crippen molar-refractivity contribution in [2.45, 2.75) is 87.9 Å². The highest BCUT2D eigenvalue weighted by Crippen LogP contribution is 2.62. The third-order valence-electron chi connectivity index (χ3n) is 17.3. The van der Waals surface area contributed by atoms with Gasteiger partial charge in [0.15, 0.2) is 0 Å². The molecule has 288 valence electrons. The zero-order chi connectivity index (χ0) is 39.1. The molecule has 6 aromatic carbocycles. The van der Waals surface area contributed by atoms with E-state index >= 15 is 0 Å². The van der Waals surface area contributed by atoms with Gasteiger partial charge in [0.1, 0.15) is 0 Å². The largest absolute Gasteiger partial charge is 0.309 e. The molecule has 9 aromatic rings. The summed E-state index contributed by atoms with van der Waals surface area (Å²) < 4.78 is 4.99. The third-order valence-corrected chi connectivity index (χ3v) is 17.3. The van der Waals surface area contributed by atoms with Gasteiger partial charge in [-0.25, -0.2) is 0 Å². The van der Waals surface area contributed by atoms with Crippen LogP contribution >= 0.6 is 0 Å². The average molecular weight is 773 g/mol. The second-order valence-electron chi connectivity index (χ2n) is 20.3. The Labute approximate surface area is 349 Å². The molecule has 4 heteroatoms. The smallest absolute Gasteiger partial charge is 0.0995 e. The van der Waals surface area contributed by atoms with Crippen molar-refractivity contribution in [2.24, 2.45) is 23.7 Å². The Morgan fingerprint density at radius 1 is 0.433 bits per heavy atom. The molecule has 0 amide bonds. The number of fused-ring (bicyclic) bond motifs is 9. The lowest BCUT2D eigenvalue weighted by Crippen LogP contribution is -2.25. The molecule has 4 atom stereocenters. The second-order valence-corrected chi connectivity index (χ2v) is 20.3. The van der Waals surface area contributed by atoms with Crippen LogP contribution < -0.4 is 0 Å². The van der Waals surface area contributed by atoms with Gasteiger partial charge in [0.25, 0.3) is 0 Å². The quantitative estimate of drug-likeness (QED) is 0.176. The van der Waals surface area contributed by atoms with Gasteiger partial charge in [0.05, 0.1) is 50.8 Å². The zero-order valence-electron chi connectivity index (χ0n) is 33.7. The molecule has 0 radical (unpaired) electrons. The molecule has 17 rings (SSSR count). The van der Waals surface area contributed by atoms with Crippen LogP contribution in [-0.4, -0.2) is 8.97 Å². The molecule has 0 aliphatic heterocycles. The lowest BCUT2D eigenvalue weighted by atomic mass is 9.67. The molecule has 0 spiro atoms. The third kappa shape index (κ3) is 4.02. The van der Waals surface area contributed by atoms with E-state index < -0.39 is 0 Å². The van der Waals surface area contributed by atoms with Crippen molar-refractivity contribution in [3.05, 3.63) is 130 Å². The average Bonchev–Trinajstić information content (AvgIpc) is 3.81. The summed E-state index contributed by atoms with van der Waals surface area (Å²) in [4.78, 5) is 0. The van der Waals surface area contributed by atoms with E-state index in [9.17, 15) is 10.5 Å². The van der Waals surface area contributed by atoms with Gasteiger partial charge in [0, 0.05) is 38.0 Å². The van der Waals surface area contributed by atoms with Crippen molar-refractivity contribution < 1.29 is 0 Å². The standard InChI is InChI=1S/C56H44N4/c57-27-38-25-47-54(51-36-19-29-13-30(20-36)16-34(15-29)49(38)51)43-23-33(41-10-6-12-46-53(41)42-9-4-5-11-45(42)59(46)40-7-2-1-3-8-40)24-44-55-48(60(47)56(43)44)26-39(28-58)50-35-17-31-14-32(18-35)22-37(21-31)52(50)55/h1-12,23-26,29-32,34-37H,13-22H2. The van der Waals surface area contributed by atoms with Crippen molar-refractivity contribution in [3.63, 3.8) is 0 Å². The highest BCUT2D eigenvalue weighted by molar-refractivity contribution is 6.27. The monoisotopic (exact) mass is 772 g/mol. The normalized spacial score (nSPS) is 27.3. The van der Waals surface area contributed by atoms with Crippen LogP contribution in [0.4, 0.5) is 0 Å². The summed E-state index contributed by atoms with van der Waals surface area (Å²) in [7, 11) is 0. The first-order valence-corrected chi connectivity index (χ1v) is 22.9. The summed E-state index contributed by atoms with van der Waals surface area (Å²) in [6.07, 6.45) is 12.6. The van der Waals surface area contributed by atoms with Gasteiger partial charge < -0.3 is 8.97 Å². The van der Waals surface area contributed by atoms with E-state index in [-0.39, 0.29) is 0 Å². The minimum absolute atomic E-state index is 0.469. The topological polar surface area (TPSA) is 56.9 Å². The maximum atomic E-state index is 11.1. The molecule has 3 heterocycles. The van der Waals surface area contributed by atoms with Gasteiger partial charge in [-0.2, -0.15) is 10.5 Å². The second kappa shape index (κ2) is 11.4. The van der Waals surface area contributed by atoms with Crippen LogP contribution in [0.25, 0.3) is 76.7 Å². The summed E-state index contributed by atoms with van der Waals surface area (Å²) in [5.41, 5.74) is 17.4. The molecular weight excluding hydrogens is 729 g/mol. The van der Waals surface area contributed by atoms with E-state index in [0.717, 1.165) is 34.8 Å². The number of aromatic nitrogens is 2. The maximum absolute atomic E-state index is 11.1. The molecule has 4 nitrogen and oxygen atoms in total. The predicted molar refractivity (Wildman–Crippen MR) is 241 cm³/mol. The van der Waals surface area contributed by atoms with Gasteiger partial charge in [-0.15, -0.1) is 0 Å². The van der Waals surface area contributed by atoms with Crippen molar-refractivity contribution >= 4 is 59.9 Å². The predicted octanol–water partition coefficient (Wildman–Crippen LogP) is 14.1. The van der Waals surface area contributed by atoms with Crippen LogP contribution in [0.1, 0.15) is 121 Å². The van der Waals surface area contributed by atoms with Crippen LogP contribution in [0, 0.1) is 46.3 Å². The first kappa shape index (κ1) is 32.7.